The smallest absolute Gasteiger partial charge is 0.394 e. The largest absolute Gasteiger partial charge is 0.598 e. The molecule has 0 bridgehead atoms. The Labute approximate surface area is 229 Å². The van der Waals surface area contributed by atoms with Crippen molar-refractivity contribution in [2.24, 2.45) is 17.1 Å². The zero-order valence-corrected chi connectivity index (χ0v) is 25.9. The molecule has 0 saturated heterocycles. The summed E-state index contributed by atoms with van der Waals surface area (Å²) in [7, 11) is -1.33. The number of nitrogens with two attached hydrogens (primary N) is 1. The van der Waals surface area contributed by atoms with Crippen LogP contribution in [-0.4, -0.2) is 39.7 Å². The van der Waals surface area contributed by atoms with Gasteiger partial charge < -0.3 is 19.6 Å². The first-order valence-corrected chi connectivity index (χ1v) is 18.2. The topological polar surface area (TPSA) is 88.2 Å². The number of aromatic nitrogens is 2. The monoisotopic (exact) mass is 574 g/mol. The maximum absolute atomic E-state index is 14.0. The Balaban J connectivity index is 2.06. The number of halogens is 3. The third-order valence-electron chi connectivity index (χ3n) is 7.13. The summed E-state index contributed by atoms with van der Waals surface area (Å²) in [5.41, 5.74) is 6.80. The van der Waals surface area contributed by atoms with Crippen molar-refractivity contribution < 1.29 is 22.5 Å². The van der Waals surface area contributed by atoms with E-state index in [-0.39, 0.29) is 19.2 Å². The first-order chi connectivity index (χ1) is 17.3. The van der Waals surface area contributed by atoms with E-state index >= 15 is 0 Å². The summed E-state index contributed by atoms with van der Waals surface area (Å²) in [6.07, 6.45) is -2.57. The van der Waals surface area contributed by atoms with Crippen LogP contribution in [0.2, 0.25) is 25.7 Å². The van der Waals surface area contributed by atoms with Gasteiger partial charge in [0.05, 0.1) is 16.4 Å². The minimum Gasteiger partial charge on any atom is -0.598 e. The standard InChI is InChI=1S/C27H45F3N4O2SSi/c1-25(2,3)37(35)33-21(16-26(4,5)27(28,29)30)24-32-20-15-19(23(31)18-9-10-18)11-12-22(20)34(24)17-36-13-14-38(6,7)8/h11-12,15,18,21,23,33H,9-10,13-14,16-17,31H2,1-8H3/t21-,23+,37+/m0/s1. The molecule has 0 aliphatic heterocycles. The normalized spacial score (nSPS) is 18.1. The molecule has 6 nitrogen and oxygen atoms in total. The Morgan fingerprint density at radius 3 is 2.34 bits per heavy atom. The molecule has 1 aliphatic carbocycles. The highest BCUT2D eigenvalue weighted by molar-refractivity contribution is 7.90. The van der Waals surface area contributed by atoms with Gasteiger partial charge in [0.1, 0.15) is 23.3 Å². The van der Waals surface area contributed by atoms with Gasteiger partial charge in [0.15, 0.2) is 0 Å². The maximum Gasteiger partial charge on any atom is 0.394 e. The molecule has 1 fully saturated rings. The van der Waals surface area contributed by atoms with Crippen LogP contribution in [0.1, 0.15) is 77.4 Å². The number of ether oxygens (including phenoxy) is 1. The average molecular weight is 575 g/mol. The van der Waals surface area contributed by atoms with E-state index in [1.165, 1.54) is 13.8 Å². The van der Waals surface area contributed by atoms with E-state index < -0.39 is 41.8 Å². The molecule has 0 unspecified atom stereocenters. The molecule has 216 valence electrons. The van der Waals surface area contributed by atoms with Crippen LogP contribution in [0.3, 0.4) is 0 Å². The molecule has 3 rings (SSSR count). The quantitative estimate of drug-likeness (QED) is 0.165. The lowest BCUT2D eigenvalue weighted by Crippen LogP contribution is -2.45. The van der Waals surface area contributed by atoms with Crippen molar-refractivity contribution in [1.29, 1.82) is 0 Å². The van der Waals surface area contributed by atoms with Gasteiger partial charge in [0.25, 0.3) is 0 Å². The lowest BCUT2D eigenvalue weighted by molar-refractivity contribution is -0.215. The third-order valence-corrected chi connectivity index (χ3v) is 10.4. The first-order valence-electron chi connectivity index (χ1n) is 13.4. The van der Waals surface area contributed by atoms with Crippen LogP contribution in [0, 0.1) is 11.3 Å². The van der Waals surface area contributed by atoms with Crippen LogP contribution in [0.5, 0.6) is 0 Å². The molecule has 0 amide bonds. The highest BCUT2D eigenvalue weighted by atomic mass is 32.2. The van der Waals surface area contributed by atoms with E-state index in [0.29, 0.717) is 23.9 Å². The number of nitrogens with zero attached hydrogens (tertiary/aromatic N) is 2. The summed E-state index contributed by atoms with van der Waals surface area (Å²) < 4.78 is 65.4. The van der Waals surface area contributed by atoms with Crippen molar-refractivity contribution in [2.75, 3.05) is 6.61 Å². The molecular formula is C27H45F3N4O2SSi. The van der Waals surface area contributed by atoms with Gasteiger partial charge in [-0.3, -0.25) is 0 Å². The predicted molar refractivity (Wildman–Crippen MR) is 152 cm³/mol. The van der Waals surface area contributed by atoms with E-state index in [0.717, 1.165) is 30.0 Å². The number of rotatable bonds is 12. The van der Waals surface area contributed by atoms with E-state index in [9.17, 15) is 17.7 Å². The fraction of sp³-hybridized carbons (Fsp3) is 0.741. The van der Waals surface area contributed by atoms with Crippen LogP contribution in [0.25, 0.3) is 11.0 Å². The average Bonchev–Trinajstić information content (AvgIpc) is 3.54. The summed E-state index contributed by atoms with van der Waals surface area (Å²) in [4.78, 5) is 4.84. The first kappa shape index (κ1) is 31.4. The molecule has 1 aromatic heterocycles. The molecule has 3 atom stereocenters. The van der Waals surface area contributed by atoms with Crippen LogP contribution in [0.15, 0.2) is 18.2 Å². The van der Waals surface area contributed by atoms with Crippen LogP contribution < -0.4 is 10.5 Å². The number of nitrogens with one attached hydrogen (secondary N) is 1. The number of alkyl halides is 3. The SMILES string of the molecule is CC(C)(C)[S@@+]([O-])N[C@@H](CC(C)(C)C(F)(F)F)c1nc2cc([C@H](N)C3CC3)ccc2n1COCC[Si](C)(C)C. The Morgan fingerprint density at radius 2 is 1.82 bits per heavy atom. The van der Waals surface area contributed by atoms with Crippen LogP contribution in [-0.2, 0) is 22.8 Å². The van der Waals surface area contributed by atoms with Gasteiger partial charge >= 0.3 is 6.18 Å². The van der Waals surface area contributed by atoms with Crippen molar-refractivity contribution in [3.63, 3.8) is 0 Å². The lowest BCUT2D eigenvalue weighted by atomic mass is 9.85. The lowest BCUT2D eigenvalue weighted by Gasteiger charge is -2.34. The summed E-state index contributed by atoms with van der Waals surface area (Å²) in [6.45, 7) is 15.2. The van der Waals surface area contributed by atoms with E-state index in [4.69, 9.17) is 15.5 Å². The second-order valence-corrected chi connectivity index (χ2v) is 21.1. The molecule has 11 heteroatoms. The molecule has 38 heavy (non-hydrogen) atoms. The van der Waals surface area contributed by atoms with Crippen molar-refractivity contribution >= 4 is 30.5 Å². The second kappa shape index (κ2) is 11.4. The van der Waals surface area contributed by atoms with E-state index in [2.05, 4.69) is 24.4 Å². The highest BCUT2D eigenvalue weighted by Crippen LogP contribution is 2.45. The van der Waals surface area contributed by atoms with Gasteiger partial charge in [0.2, 0.25) is 0 Å². The number of imidazole rings is 1. The number of hydrogen-bond acceptors (Lipinski definition) is 5. The summed E-state index contributed by atoms with van der Waals surface area (Å²) in [6, 6.07) is 5.80. The summed E-state index contributed by atoms with van der Waals surface area (Å²) >= 11 is -1.61. The fourth-order valence-corrected chi connectivity index (χ4v) is 5.71. The van der Waals surface area contributed by atoms with Gasteiger partial charge in [-0.2, -0.15) is 13.2 Å². The number of benzene rings is 1. The molecule has 3 N–H and O–H groups in total. The summed E-state index contributed by atoms with van der Waals surface area (Å²) in [5.74, 6) is 0.843. The zero-order chi connectivity index (χ0) is 28.7. The summed E-state index contributed by atoms with van der Waals surface area (Å²) in [5, 5.41) is 0. The zero-order valence-electron chi connectivity index (χ0n) is 24.0. The second-order valence-electron chi connectivity index (χ2n) is 13.5. The number of fused-ring (bicyclic) bond motifs is 1. The molecular weight excluding hydrogens is 529 g/mol. The van der Waals surface area contributed by atoms with Crippen LogP contribution in [0.4, 0.5) is 13.2 Å². The number of hydrogen-bond donors (Lipinski definition) is 2. The Kier molecular flexibility index (Phi) is 9.43. The Hall–Kier alpha value is -1.11. The molecule has 0 radical (unpaired) electrons. The molecule has 2 aromatic rings. The molecule has 1 aromatic carbocycles. The van der Waals surface area contributed by atoms with Crippen molar-refractivity contribution in [2.45, 2.75) is 109 Å². The van der Waals surface area contributed by atoms with Gasteiger partial charge in [-0.05, 0) is 69.7 Å². The van der Waals surface area contributed by atoms with Gasteiger partial charge in [-0.15, -0.1) is 4.72 Å². The van der Waals surface area contributed by atoms with Crippen LogP contribution >= 0.6 is 0 Å². The molecule has 1 heterocycles. The molecule has 1 aliphatic rings. The van der Waals surface area contributed by atoms with Gasteiger partial charge in [-0.25, -0.2) is 4.98 Å². The van der Waals surface area contributed by atoms with Gasteiger partial charge in [0, 0.05) is 32.1 Å². The minimum atomic E-state index is -4.44. The van der Waals surface area contributed by atoms with Crippen molar-refractivity contribution in [1.82, 2.24) is 14.3 Å². The highest BCUT2D eigenvalue weighted by Gasteiger charge is 2.50. The van der Waals surface area contributed by atoms with E-state index in [1.807, 2.05) is 22.8 Å². The predicted octanol–water partition coefficient (Wildman–Crippen LogP) is 6.83. The third kappa shape index (κ3) is 7.97. The van der Waals surface area contributed by atoms with Crippen molar-refractivity contribution in [3.05, 3.63) is 29.6 Å². The Morgan fingerprint density at radius 1 is 1.18 bits per heavy atom. The fourth-order valence-electron chi connectivity index (χ4n) is 4.15. The van der Waals surface area contributed by atoms with Crippen molar-refractivity contribution in [3.8, 4) is 0 Å². The maximum atomic E-state index is 14.0. The van der Waals surface area contributed by atoms with Gasteiger partial charge in [-0.1, -0.05) is 39.6 Å². The molecule has 0 spiro atoms. The Bertz CT molecular complexity index is 1090. The minimum absolute atomic E-state index is 0.0903. The van der Waals surface area contributed by atoms with E-state index in [1.54, 1.807) is 20.8 Å². The molecule has 1 saturated carbocycles.